The van der Waals surface area contributed by atoms with Gasteiger partial charge in [-0.25, -0.2) is 4.39 Å². The van der Waals surface area contributed by atoms with E-state index >= 15 is 0 Å². The van der Waals surface area contributed by atoms with Gasteiger partial charge in [0.25, 0.3) is 5.91 Å². The van der Waals surface area contributed by atoms with Crippen molar-refractivity contribution in [1.29, 1.82) is 0 Å². The molecular weight excluding hydrogens is 485 g/mol. The monoisotopic (exact) mass is 519 g/mol. The maximum Gasteiger partial charge on any atom is 0.254 e. The van der Waals surface area contributed by atoms with Crippen LogP contribution in [0.4, 0.5) is 10.2 Å². The lowest BCUT2D eigenvalue weighted by Crippen LogP contribution is -2.52. The van der Waals surface area contributed by atoms with Crippen molar-refractivity contribution in [2.45, 2.75) is 20.3 Å². The van der Waals surface area contributed by atoms with E-state index in [2.05, 4.69) is 15.1 Å². The van der Waals surface area contributed by atoms with Crippen LogP contribution in [0.5, 0.6) is 5.75 Å². The molecule has 1 unspecified atom stereocenters. The van der Waals surface area contributed by atoms with E-state index < -0.39 is 5.82 Å². The zero-order valence-electron chi connectivity index (χ0n) is 22.1. The van der Waals surface area contributed by atoms with Gasteiger partial charge < -0.3 is 19.4 Å². The number of anilines is 1. The molecule has 4 rings (SSSR count). The van der Waals surface area contributed by atoms with Gasteiger partial charge in [-0.2, -0.15) is 0 Å². The number of hydrogen-bond acceptors (Lipinski definition) is 6. The van der Waals surface area contributed by atoms with Gasteiger partial charge in [-0.1, -0.05) is 38.5 Å². The van der Waals surface area contributed by atoms with Crippen molar-refractivity contribution in [3.63, 3.8) is 0 Å². The minimum Gasteiger partial charge on any atom is -0.497 e. The number of aromatic nitrogens is 2. The second-order valence-electron chi connectivity index (χ2n) is 9.59. The Labute approximate surface area is 223 Å². The average molecular weight is 520 g/mol. The van der Waals surface area contributed by atoms with Gasteiger partial charge in [-0.15, -0.1) is 10.2 Å². The molecule has 1 aliphatic rings. The molecule has 8 nitrogen and oxygen atoms in total. The van der Waals surface area contributed by atoms with E-state index in [1.807, 2.05) is 50.2 Å². The van der Waals surface area contributed by atoms with E-state index in [0.29, 0.717) is 32.7 Å². The third-order valence-corrected chi connectivity index (χ3v) is 6.89. The predicted molar refractivity (Wildman–Crippen MR) is 145 cm³/mol. The zero-order valence-corrected chi connectivity index (χ0v) is 22.1. The summed E-state index contributed by atoms with van der Waals surface area (Å²) in [5.74, 6) is 0.815. The van der Waals surface area contributed by atoms with Gasteiger partial charge >= 0.3 is 0 Å². The second-order valence-corrected chi connectivity index (χ2v) is 9.59. The molecule has 0 radical (unpaired) electrons. The first-order valence-electron chi connectivity index (χ1n) is 12.9. The predicted octanol–water partition coefficient (Wildman–Crippen LogP) is 4.13. The number of halogens is 1. The number of benzene rings is 2. The standard InChI is InChI=1S/C29H34FN5O3/c1-4-21(2)19-35(29(37)23-8-5-9-24(30)17-23)20-28(36)34-15-13-33(14-16-34)27-12-11-26(31-32-27)22-7-6-10-25(18-22)38-3/h5-12,17-18,21H,4,13-16,19-20H2,1-3H3. The third kappa shape index (κ3) is 6.65. The lowest BCUT2D eigenvalue weighted by atomic mass is 10.1. The Morgan fingerprint density at radius 1 is 1.03 bits per heavy atom. The smallest absolute Gasteiger partial charge is 0.254 e. The van der Waals surface area contributed by atoms with Gasteiger partial charge in [0.1, 0.15) is 18.1 Å². The summed E-state index contributed by atoms with van der Waals surface area (Å²) in [6.45, 7) is 6.75. The number of carbonyl (C=O) groups excluding carboxylic acids is 2. The van der Waals surface area contributed by atoms with Gasteiger partial charge in [-0.3, -0.25) is 9.59 Å². The molecule has 3 aromatic rings. The Bertz CT molecular complexity index is 1240. The van der Waals surface area contributed by atoms with Gasteiger partial charge in [0.2, 0.25) is 5.91 Å². The van der Waals surface area contributed by atoms with Gasteiger partial charge in [0, 0.05) is 43.9 Å². The molecule has 2 amide bonds. The summed E-state index contributed by atoms with van der Waals surface area (Å²) in [5, 5.41) is 8.79. The van der Waals surface area contributed by atoms with Crippen LogP contribution in [0.3, 0.4) is 0 Å². The summed E-state index contributed by atoms with van der Waals surface area (Å²) in [7, 11) is 1.63. The number of nitrogens with zero attached hydrogens (tertiary/aromatic N) is 5. The summed E-state index contributed by atoms with van der Waals surface area (Å²) in [4.78, 5) is 31.7. The summed E-state index contributed by atoms with van der Waals surface area (Å²) in [6.07, 6.45) is 0.872. The molecule has 1 saturated heterocycles. The fourth-order valence-corrected chi connectivity index (χ4v) is 4.41. The number of amides is 2. The lowest BCUT2D eigenvalue weighted by molar-refractivity contribution is -0.132. The van der Waals surface area contributed by atoms with E-state index in [0.717, 1.165) is 29.2 Å². The highest BCUT2D eigenvalue weighted by atomic mass is 19.1. The van der Waals surface area contributed by atoms with Crippen LogP contribution in [0.25, 0.3) is 11.3 Å². The van der Waals surface area contributed by atoms with Crippen LogP contribution in [0.2, 0.25) is 0 Å². The maximum absolute atomic E-state index is 13.7. The van der Waals surface area contributed by atoms with Gasteiger partial charge in [0.05, 0.1) is 12.8 Å². The molecule has 1 fully saturated rings. The molecule has 1 aliphatic heterocycles. The number of piperazine rings is 1. The maximum atomic E-state index is 13.7. The van der Waals surface area contributed by atoms with Crippen LogP contribution in [-0.2, 0) is 4.79 Å². The van der Waals surface area contributed by atoms with Crippen LogP contribution in [0.1, 0.15) is 30.6 Å². The number of methoxy groups -OCH3 is 1. The zero-order chi connectivity index (χ0) is 27.1. The van der Waals surface area contributed by atoms with Crippen molar-refractivity contribution in [3.05, 3.63) is 72.0 Å². The first-order chi connectivity index (χ1) is 18.4. The molecule has 0 saturated carbocycles. The number of hydrogen-bond donors (Lipinski definition) is 0. The number of carbonyl (C=O) groups is 2. The SMILES string of the molecule is CCC(C)CN(CC(=O)N1CCN(c2ccc(-c3cccc(OC)c3)nn2)CC1)C(=O)c1cccc(F)c1. The summed E-state index contributed by atoms with van der Waals surface area (Å²) >= 11 is 0. The molecule has 1 atom stereocenters. The Hall–Kier alpha value is -4.01. The first kappa shape index (κ1) is 27.0. The van der Waals surface area contributed by atoms with E-state index in [1.54, 1.807) is 23.0 Å². The molecule has 0 spiro atoms. The van der Waals surface area contributed by atoms with Crippen molar-refractivity contribution < 1.29 is 18.7 Å². The Morgan fingerprint density at radius 3 is 2.45 bits per heavy atom. The van der Waals surface area contributed by atoms with Gasteiger partial charge in [0.15, 0.2) is 5.82 Å². The first-order valence-corrected chi connectivity index (χ1v) is 12.9. The van der Waals surface area contributed by atoms with E-state index in [4.69, 9.17) is 4.74 Å². The van der Waals surface area contributed by atoms with Crippen molar-refractivity contribution >= 4 is 17.6 Å². The highest BCUT2D eigenvalue weighted by molar-refractivity contribution is 5.96. The molecule has 2 aromatic carbocycles. The largest absolute Gasteiger partial charge is 0.497 e. The van der Waals surface area contributed by atoms with E-state index in [9.17, 15) is 14.0 Å². The Morgan fingerprint density at radius 2 is 1.79 bits per heavy atom. The summed E-state index contributed by atoms with van der Waals surface area (Å²) in [5.41, 5.74) is 1.93. The molecule has 200 valence electrons. The third-order valence-electron chi connectivity index (χ3n) is 6.89. The second kappa shape index (κ2) is 12.5. The average Bonchev–Trinajstić information content (AvgIpc) is 2.96. The van der Waals surface area contributed by atoms with Crippen LogP contribution in [0.15, 0.2) is 60.7 Å². The summed E-state index contributed by atoms with van der Waals surface area (Å²) in [6, 6.07) is 17.1. The van der Waals surface area contributed by atoms with Crippen LogP contribution >= 0.6 is 0 Å². The molecule has 0 bridgehead atoms. The molecule has 9 heteroatoms. The molecule has 0 aliphatic carbocycles. The quantitative estimate of drug-likeness (QED) is 0.423. The Kier molecular flexibility index (Phi) is 8.89. The van der Waals surface area contributed by atoms with E-state index in [1.165, 1.54) is 18.2 Å². The lowest BCUT2D eigenvalue weighted by Gasteiger charge is -2.36. The summed E-state index contributed by atoms with van der Waals surface area (Å²) < 4.78 is 19.0. The molecule has 2 heterocycles. The molecule has 1 aromatic heterocycles. The van der Waals surface area contributed by atoms with Crippen LogP contribution in [-0.4, -0.2) is 78.2 Å². The number of ether oxygens (including phenoxy) is 1. The molecular formula is C29H34FN5O3. The minimum absolute atomic E-state index is 0.0330. The van der Waals surface area contributed by atoms with Crippen molar-refractivity contribution in [2.24, 2.45) is 5.92 Å². The van der Waals surface area contributed by atoms with Crippen molar-refractivity contribution in [2.75, 3.05) is 51.3 Å². The Balaban J connectivity index is 1.36. The minimum atomic E-state index is -0.471. The fraction of sp³-hybridized carbons (Fsp3) is 0.379. The number of rotatable bonds is 9. The topological polar surface area (TPSA) is 78.9 Å². The van der Waals surface area contributed by atoms with Gasteiger partial charge in [-0.05, 0) is 48.4 Å². The van der Waals surface area contributed by atoms with Crippen molar-refractivity contribution in [3.8, 4) is 17.0 Å². The van der Waals surface area contributed by atoms with Crippen LogP contribution in [0, 0.1) is 11.7 Å². The van der Waals surface area contributed by atoms with Crippen LogP contribution < -0.4 is 9.64 Å². The highest BCUT2D eigenvalue weighted by Gasteiger charge is 2.27. The molecule has 38 heavy (non-hydrogen) atoms. The van der Waals surface area contributed by atoms with Crippen molar-refractivity contribution in [1.82, 2.24) is 20.0 Å². The molecule has 0 N–H and O–H groups in total. The highest BCUT2D eigenvalue weighted by Crippen LogP contribution is 2.23. The fourth-order valence-electron chi connectivity index (χ4n) is 4.41. The van der Waals surface area contributed by atoms with E-state index in [-0.39, 0.29) is 29.8 Å². The normalized spacial score (nSPS) is 14.2.